The maximum atomic E-state index is 11.1. The number of aromatic nitrogens is 1. The number of pyridine rings is 1. The fourth-order valence-corrected chi connectivity index (χ4v) is 1.65. The van der Waals surface area contributed by atoms with E-state index in [4.69, 9.17) is 4.74 Å². The highest BCUT2D eigenvalue weighted by molar-refractivity contribution is 5.69. The molecule has 0 fully saturated rings. The number of ether oxygens (including phenoxy) is 1. The molecule has 0 aromatic carbocycles. The van der Waals surface area contributed by atoms with Crippen LogP contribution in [0.15, 0.2) is 12.3 Å². The molecule has 22 heavy (non-hydrogen) atoms. The Hall–Kier alpha value is -2.78. The topological polar surface area (TPSA) is 138 Å². The van der Waals surface area contributed by atoms with Gasteiger partial charge in [0.15, 0.2) is 0 Å². The van der Waals surface area contributed by atoms with Crippen LogP contribution in [0.2, 0.25) is 0 Å². The van der Waals surface area contributed by atoms with Crippen LogP contribution in [0, 0.1) is 20.2 Å². The third kappa shape index (κ3) is 5.31. The molecular formula is C12H16N4O6. The van der Waals surface area contributed by atoms with Gasteiger partial charge in [-0.25, -0.2) is 4.98 Å². The van der Waals surface area contributed by atoms with Crippen molar-refractivity contribution in [1.82, 2.24) is 4.98 Å². The lowest BCUT2D eigenvalue weighted by Crippen LogP contribution is -2.08. The molecular weight excluding hydrogens is 296 g/mol. The Bertz CT molecular complexity index is 563. The van der Waals surface area contributed by atoms with Crippen LogP contribution in [0.4, 0.5) is 17.2 Å². The summed E-state index contributed by atoms with van der Waals surface area (Å²) >= 11 is 0. The first kappa shape index (κ1) is 17.3. The molecule has 0 amide bonds. The molecule has 120 valence electrons. The van der Waals surface area contributed by atoms with Gasteiger partial charge in [-0.1, -0.05) is 0 Å². The second kappa shape index (κ2) is 8.49. The smallest absolute Gasteiger partial charge is 0.318 e. The molecule has 0 saturated heterocycles. The zero-order chi connectivity index (χ0) is 16.5. The number of nitro groups is 2. The Morgan fingerprint density at radius 1 is 1.32 bits per heavy atom. The average molecular weight is 312 g/mol. The van der Waals surface area contributed by atoms with Gasteiger partial charge < -0.3 is 10.1 Å². The third-order valence-corrected chi connectivity index (χ3v) is 2.67. The molecule has 0 unspecified atom stereocenters. The van der Waals surface area contributed by atoms with Gasteiger partial charge in [-0.15, -0.1) is 0 Å². The van der Waals surface area contributed by atoms with Gasteiger partial charge in [0.25, 0.3) is 5.69 Å². The van der Waals surface area contributed by atoms with E-state index in [0.29, 0.717) is 26.0 Å². The van der Waals surface area contributed by atoms with Crippen LogP contribution in [-0.2, 0) is 9.53 Å². The predicted molar refractivity (Wildman–Crippen MR) is 76.5 cm³/mol. The molecule has 0 radical (unpaired) electrons. The minimum absolute atomic E-state index is 0.0354. The predicted octanol–water partition coefficient (Wildman–Crippen LogP) is 2.04. The summed E-state index contributed by atoms with van der Waals surface area (Å²) in [5, 5.41) is 24.2. The van der Waals surface area contributed by atoms with Crippen LogP contribution < -0.4 is 5.32 Å². The van der Waals surface area contributed by atoms with E-state index in [1.807, 2.05) is 0 Å². The monoisotopic (exact) mass is 312 g/mol. The van der Waals surface area contributed by atoms with Gasteiger partial charge in [-0.3, -0.25) is 25.0 Å². The molecule has 1 aromatic heterocycles. The zero-order valence-corrected chi connectivity index (χ0v) is 12.0. The van der Waals surface area contributed by atoms with Crippen molar-refractivity contribution < 1.29 is 19.4 Å². The van der Waals surface area contributed by atoms with Crippen molar-refractivity contribution >= 4 is 23.2 Å². The molecule has 0 bridgehead atoms. The van der Waals surface area contributed by atoms with Gasteiger partial charge in [0.1, 0.15) is 6.20 Å². The maximum absolute atomic E-state index is 11.1. The summed E-state index contributed by atoms with van der Waals surface area (Å²) in [6.45, 7) is 2.40. The van der Waals surface area contributed by atoms with Gasteiger partial charge in [0.2, 0.25) is 5.82 Å². The lowest BCUT2D eigenvalue weighted by molar-refractivity contribution is -0.394. The fourth-order valence-electron chi connectivity index (χ4n) is 1.65. The van der Waals surface area contributed by atoms with E-state index < -0.39 is 21.2 Å². The molecule has 1 aromatic rings. The number of rotatable bonds is 9. The quantitative estimate of drug-likeness (QED) is 0.316. The van der Waals surface area contributed by atoms with Crippen molar-refractivity contribution in [2.75, 3.05) is 18.5 Å². The summed E-state index contributed by atoms with van der Waals surface area (Å²) < 4.78 is 4.77. The summed E-state index contributed by atoms with van der Waals surface area (Å²) in [5.74, 6) is -0.325. The standard InChI is InChI=1S/C12H16N4O6/c1-2-22-11(17)5-3-4-6-13-12-10(16(20)21)7-9(8-14-12)15(18)19/h7-8H,2-6H2,1H3,(H,13,14). The highest BCUT2D eigenvalue weighted by Crippen LogP contribution is 2.26. The Morgan fingerprint density at radius 2 is 2.05 bits per heavy atom. The van der Waals surface area contributed by atoms with Crippen molar-refractivity contribution in [3.8, 4) is 0 Å². The van der Waals surface area contributed by atoms with Crippen molar-refractivity contribution in [2.45, 2.75) is 26.2 Å². The molecule has 0 atom stereocenters. The van der Waals surface area contributed by atoms with Crippen LogP contribution in [0.1, 0.15) is 26.2 Å². The van der Waals surface area contributed by atoms with E-state index in [0.717, 1.165) is 12.3 Å². The first-order valence-corrected chi connectivity index (χ1v) is 6.64. The number of nitrogens with one attached hydrogen (secondary N) is 1. The highest BCUT2D eigenvalue weighted by atomic mass is 16.6. The molecule has 10 heteroatoms. The SMILES string of the molecule is CCOC(=O)CCCCNc1ncc([N+](=O)[O-])cc1[N+](=O)[O-]. The number of esters is 1. The first-order valence-electron chi connectivity index (χ1n) is 6.64. The van der Waals surface area contributed by atoms with Gasteiger partial charge in [0, 0.05) is 13.0 Å². The Labute approximate surface area is 125 Å². The minimum atomic E-state index is -0.747. The number of carbonyl (C=O) groups is 1. The lowest BCUT2D eigenvalue weighted by Gasteiger charge is -2.06. The summed E-state index contributed by atoms with van der Waals surface area (Å²) in [7, 11) is 0. The maximum Gasteiger partial charge on any atom is 0.318 e. The second-order valence-corrected chi connectivity index (χ2v) is 4.26. The van der Waals surface area contributed by atoms with E-state index in [1.54, 1.807) is 6.92 Å². The van der Waals surface area contributed by atoms with Gasteiger partial charge in [0.05, 0.1) is 22.5 Å². The van der Waals surface area contributed by atoms with Crippen molar-refractivity contribution in [3.63, 3.8) is 0 Å². The van der Waals surface area contributed by atoms with Gasteiger partial charge in [-0.2, -0.15) is 0 Å². The van der Waals surface area contributed by atoms with Crippen LogP contribution in [-0.4, -0.2) is 34.0 Å². The van der Waals surface area contributed by atoms with Crippen molar-refractivity contribution in [2.24, 2.45) is 0 Å². The number of hydrogen-bond donors (Lipinski definition) is 1. The van der Waals surface area contributed by atoms with Crippen LogP contribution in [0.5, 0.6) is 0 Å². The van der Waals surface area contributed by atoms with E-state index >= 15 is 0 Å². The summed E-state index contributed by atoms with van der Waals surface area (Å²) in [6, 6.07) is 0.855. The molecule has 10 nitrogen and oxygen atoms in total. The van der Waals surface area contributed by atoms with E-state index in [1.165, 1.54) is 0 Å². The normalized spacial score (nSPS) is 10.0. The fraction of sp³-hybridized carbons (Fsp3) is 0.500. The number of anilines is 1. The summed E-state index contributed by atoms with van der Waals surface area (Å²) in [4.78, 5) is 34.8. The number of nitrogens with zero attached hydrogens (tertiary/aromatic N) is 3. The summed E-state index contributed by atoms with van der Waals surface area (Å²) in [6.07, 6.45) is 2.36. The molecule has 0 spiro atoms. The van der Waals surface area contributed by atoms with Crippen LogP contribution in [0.25, 0.3) is 0 Å². The van der Waals surface area contributed by atoms with Crippen molar-refractivity contribution in [3.05, 3.63) is 32.5 Å². The molecule has 1 rings (SSSR count). The Morgan fingerprint density at radius 3 is 2.64 bits per heavy atom. The van der Waals surface area contributed by atoms with Gasteiger partial charge in [-0.05, 0) is 19.8 Å². The largest absolute Gasteiger partial charge is 0.466 e. The van der Waals surface area contributed by atoms with Crippen LogP contribution >= 0.6 is 0 Å². The lowest BCUT2D eigenvalue weighted by atomic mass is 10.2. The summed E-state index contributed by atoms with van der Waals surface area (Å²) in [5.41, 5.74) is -0.904. The molecule has 0 aliphatic rings. The molecule has 1 heterocycles. The average Bonchev–Trinajstić information content (AvgIpc) is 2.46. The third-order valence-electron chi connectivity index (χ3n) is 2.67. The second-order valence-electron chi connectivity index (χ2n) is 4.26. The first-order chi connectivity index (χ1) is 10.5. The van der Waals surface area contributed by atoms with Crippen LogP contribution in [0.3, 0.4) is 0 Å². The Kier molecular flexibility index (Phi) is 6.67. The zero-order valence-electron chi connectivity index (χ0n) is 12.0. The number of carbonyl (C=O) groups excluding carboxylic acids is 1. The van der Waals surface area contributed by atoms with Gasteiger partial charge >= 0.3 is 11.7 Å². The number of hydrogen-bond acceptors (Lipinski definition) is 8. The highest BCUT2D eigenvalue weighted by Gasteiger charge is 2.20. The Balaban J connectivity index is 2.53. The van der Waals surface area contributed by atoms with E-state index in [2.05, 4.69) is 10.3 Å². The molecule has 0 aliphatic carbocycles. The number of unbranched alkanes of at least 4 members (excludes halogenated alkanes) is 1. The minimum Gasteiger partial charge on any atom is -0.466 e. The molecule has 1 N–H and O–H groups in total. The van der Waals surface area contributed by atoms with E-state index in [9.17, 15) is 25.0 Å². The van der Waals surface area contributed by atoms with E-state index in [-0.39, 0.29) is 18.2 Å². The molecule has 0 saturated carbocycles. The van der Waals surface area contributed by atoms with Crippen molar-refractivity contribution in [1.29, 1.82) is 0 Å². The molecule has 0 aliphatic heterocycles.